The van der Waals surface area contributed by atoms with Crippen LogP contribution in [0.3, 0.4) is 0 Å². The number of allylic oxidation sites excluding steroid dienone is 1. The molecular weight excluding hydrogens is 293 g/mol. The van der Waals surface area contributed by atoms with Crippen LogP contribution in [0.25, 0.3) is 17.5 Å². The monoisotopic (exact) mass is 307 g/mol. The van der Waals surface area contributed by atoms with Crippen LogP contribution in [0.15, 0.2) is 36.0 Å². The first-order valence-corrected chi connectivity index (χ1v) is 7.37. The topological polar surface area (TPSA) is 67.3 Å². The average molecular weight is 307 g/mol. The first-order chi connectivity index (χ1) is 11.2. The molecule has 1 aliphatic carbocycles. The fourth-order valence-corrected chi connectivity index (χ4v) is 2.97. The standard InChI is InChI=1S/C17H14FN5/c1-10-6-11(2-3-15(10)18)7-12-8-14-13(17-20-22-23-21-17)4-5-19-16(14)9-12/h2-6,9H,7-8H2,1H3,(H,20,21,22,23). The molecule has 0 amide bonds. The molecule has 1 aromatic carbocycles. The smallest absolute Gasteiger partial charge is 0.205 e. The van der Waals surface area contributed by atoms with Gasteiger partial charge in [0.15, 0.2) is 0 Å². The van der Waals surface area contributed by atoms with Crippen LogP contribution < -0.4 is 0 Å². The van der Waals surface area contributed by atoms with Crippen molar-refractivity contribution >= 4 is 6.08 Å². The van der Waals surface area contributed by atoms with E-state index in [2.05, 4.69) is 31.7 Å². The summed E-state index contributed by atoms with van der Waals surface area (Å²) < 4.78 is 13.4. The van der Waals surface area contributed by atoms with E-state index >= 15 is 0 Å². The number of halogens is 1. The molecule has 0 saturated heterocycles. The van der Waals surface area contributed by atoms with Crippen molar-refractivity contribution in [3.05, 3.63) is 64.2 Å². The number of rotatable bonds is 3. The van der Waals surface area contributed by atoms with Gasteiger partial charge in [-0.2, -0.15) is 5.21 Å². The van der Waals surface area contributed by atoms with Crippen LogP contribution >= 0.6 is 0 Å². The SMILES string of the molecule is Cc1cc(CC2=Cc3nccc(-c4nn[nH]n4)c3C2)ccc1F. The molecule has 2 heterocycles. The lowest BCUT2D eigenvalue weighted by atomic mass is 10.00. The minimum atomic E-state index is -0.168. The van der Waals surface area contributed by atoms with Gasteiger partial charge in [-0.1, -0.05) is 17.7 Å². The Balaban J connectivity index is 1.62. The molecule has 23 heavy (non-hydrogen) atoms. The van der Waals surface area contributed by atoms with Gasteiger partial charge in [-0.3, -0.25) is 4.98 Å². The molecule has 0 bridgehead atoms. The number of aromatic nitrogens is 5. The third-order valence-electron chi connectivity index (χ3n) is 4.07. The van der Waals surface area contributed by atoms with Gasteiger partial charge in [-0.15, -0.1) is 10.2 Å². The van der Waals surface area contributed by atoms with Crippen LogP contribution in [0.2, 0.25) is 0 Å². The van der Waals surface area contributed by atoms with E-state index in [0.29, 0.717) is 11.4 Å². The Kier molecular flexibility index (Phi) is 3.22. The molecule has 6 heteroatoms. The fourth-order valence-electron chi connectivity index (χ4n) is 2.97. The van der Waals surface area contributed by atoms with Crippen LogP contribution in [0, 0.1) is 12.7 Å². The number of hydrogen-bond acceptors (Lipinski definition) is 4. The first-order valence-electron chi connectivity index (χ1n) is 7.37. The van der Waals surface area contributed by atoms with Gasteiger partial charge in [0.05, 0.1) is 5.69 Å². The number of tetrazole rings is 1. The van der Waals surface area contributed by atoms with Gasteiger partial charge < -0.3 is 0 Å². The van der Waals surface area contributed by atoms with E-state index in [1.54, 1.807) is 13.1 Å². The molecule has 0 atom stereocenters. The third kappa shape index (κ3) is 2.52. The van der Waals surface area contributed by atoms with Crippen molar-refractivity contribution in [3.8, 4) is 11.4 Å². The maximum Gasteiger partial charge on any atom is 0.205 e. The molecular formula is C17H14FN5. The normalized spacial score (nSPS) is 13.0. The Bertz CT molecular complexity index is 899. The Morgan fingerprint density at radius 3 is 2.96 bits per heavy atom. The zero-order chi connectivity index (χ0) is 15.8. The number of H-pyrrole nitrogens is 1. The summed E-state index contributed by atoms with van der Waals surface area (Å²) in [5, 5.41) is 14.2. The van der Waals surface area contributed by atoms with Crippen LogP contribution in [0.1, 0.15) is 22.4 Å². The quantitative estimate of drug-likeness (QED) is 0.808. The minimum Gasteiger partial charge on any atom is -0.257 e. The summed E-state index contributed by atoms with van der Waals surface area (Å²) in [4.78, 5) is 4.43. The maximum atomic E-state index is 13.4. The molecule has 4 rings (SSSR count). The number of nitrogens with zero attached hydrogens (tertiary/aromatic N) is 4. The van der Waals surface area contributed by atoms with E-state index in [-0.39, 0.29) is 5.82 Å². The first kappa shape index (κ1) is 13.8. The summed E-state index contributed by atoms with van der Waals surface area (Å²) in [5.41, 5.74) is 6.02. The van der Waals surface area contributed by atoms with Gasteiger partial charge in [-0.05, 0) is 59.9 Å². The molecule has 1 aliphatic rings. The van der Waals surface area contributed by atoms with Crippen LogP contribution in [0.5, 0.6) is 0 Å². The molecule has 0 unspecified atom stereocenters. The van der Waals surface area contributed by atoms with Crippen LogP contribution in [-0.4, -0.2) is 25.6 Å². The van der Waals surface area contributed by atoms with E-state index in [4.69, 9.17) is 0 Å². The summed E-state index contributed by atoms with van der Waals surface area (Å²) in [6, 6.07) is 7.16. The van der Waals surface area contributed by atoms with Gasteiger partial charge in [0.1, 0.15) is 5.82 Å². The van der Waals surface area contributed by atoms with E-state index < -0.39 is 0 Å². The van der Waals surface area contributed by atoms with Crippen LogP contribution in [0.4, 0.5) is 4.39 Å². The highest BCUT2D eigenvalue weighted by Gasteiger charge is 2.20. The van der Waals surface area contributed by atoms with Gasteiger partial charge in [0.2, 0.25) is 5.82 Å². The van der Waals surface area contributed by atoms with Crippen molar-refractivity contribution in [2.24, 2.45) is 0 Å². The number of hydrogen-bond donors (Lipinski definition) is 1. The summed E-state index contributed by atoms with van der Waals surface area (Å²) in [6.45, 7) is 1.78. The number of aryl methyl sites for hydroxylation is 1. The second-order valence-electron chi connectivity index (χ2n) is 5.70. The number of nitrogens with one attached hydrogen (secondary N) is 1. The van der Waals surface area contributed by atoms with Gasteiger partial charge >= 0.3 is 0 Å². The van der Waals surface area contributed by atoms with Crippen LogP contribution in [-0.2, 0) is 12.8 Å². The second-order valence-corrected chi connectivity index (χ2v) is 5.70. The molecule has 3 aromatic rings. The highest BCUT2D eigenvalue weighted by Crippen LogP contribution is 2.32. The molecule has 0 fully saturated rings. The summed E-state index contributed by atoms with van der Waals surface area (Å²) >= 11 is 0. The van der Waals surface area contributed by atoms with Gasteiger partial charge in [0, 0.05) is 11.8 Å². The summed E-state index contributed by atoms with van der Waals surface area (Å²) in [5.74, 6) is 0.412. The Morgan fingerprint density at radius 2 is 2.17 bits per heavy atom. The molecule has 5 nitrogen and oxygen atoms in total. The molecule has 0 saturated carbocycles. The summed E-state index contributed by atoms with van der Waals surface area (Å²) in [7, 11) is 0. The highest BCUT2D eigenvalue weighted by molar-refractivity contribution is 5.72. The minimum absolute atomic E-state index is 0.168. The Hall–Kier alpha value is -2.89. The fraction of sp³-hybridized carbons (Fsp3) is 0.176. The average Bonchev–Trinajstić information content (AvgIpc) is 3.19. The highest BCUT2D eigenvalue weighted by atomic mass is 19.1. The lowest BCUT2D eigenvalue weighted by Crippen LogP contribution is -1.96. The second kappa shape index (κ2) is 5.39. The van der Waals surface area contributed by atoms with Crippen molar-refractivity contribution in [1.82, 2.24) is 25.6 Å². The zero-order valence-corrected chi connectivity index (χ0v) is 12.5. The number of aromatic amines is 1. The van der Waals surface area contributed by atoms with Crippen molar-refractivity contribution in [2.75, 3.05) is 0 Å². The summed E-state index contributed by atoms with van der Waals surface area (Å²) in [6.07, 6.45) is 5.43. The molecule has 0 spiro atoms. The van der Waals surface area contributed by atoms with E-state index in [9.17, 15) is 4.39 Å². The van der Waals surface area contributed by atoms with Crippen molar-refractivity contribution in [2.45, 2.75) is 19.8 Å². The largest absolute Gasteiger partial charge is 0.257 e. The van der Waals surface area contributed by atoms with Gasteiger partial charge in [0.25, 0.3) is 0 Å². The van der Waals surface area contributed by atoms with Crippen molar-refractivity contribution in [3.63, 3.8) is 0 Å². The van der Waals surface area contributed by atoms with Crippen molar-refractivity contribution in [1.29, 1.82) is 0 Å². The predicted molar refractivity (Wildman–Crippen MR) is 83.9 cm³/mol. The third-order valence-corrected chi connectivity index (χ3v) is 4.07. The predicted octanol–water partition coefficient (Wildman–Crippen LogP) is 2.89. The molecule has 0 aliphatic heterocycles. The number of fused-ring (bicyclic) bond motifs is 1. The number of benzene rings is 1. The Labute approximate surface area is 132 Å². The zero-order valence-electron chi connectivity index (χ0n) is 12.5. The number of pyridine rings is 1. The van der Waals surface area contributed by atoms with E-state index in [1.165, 1.54) is 11.6 Å². The lowest BCUT2D eigenvalue weighted by molar-refractivity contribution is 0.617. The molecule has 2 aromatic heterocycles. The maximum absolute atomic E-state index is 13.4. The van der Waals surface area contributed by atoms with Gasteiger partial charge in [-0.25, -0.2) is 4.39 Å². The van der Waals surface area contributed by atoms with E-state index in [1.807, 2.05) is 18.2 Å². The Morgan fingerprint density at radius 1 is 1.26 bits per heavy atom. The molecule has 0 radical (unpaired) electrons. The van der Waals surface area contributed by atoms with Crippen molar-refractivity contribution < 1.29 is 4.39 Å². The lowest BCUT2D eigenvalue weighted by Gasteiger charge is -2.06. The molecule has 1 N–H and O–H groups in total. The van der Waals surface area contributed by atoms with E-state index in [0.717, 1.165) is 35.2 Å². The molecule has 114 valence electrons.